The maximum atomic E-state index is 13.2. The number of benzene rings is 1. The van der Waals surface area contributed by atoms with E-state index in [0.29, 0.717) is 12.1 Å². The predicted molar refractivity (Wildman–Crippen MR) is 68.4 cm³/mol. The summed E-state index contributed by atoms with van der Waals surface area (Å²) in [6, 6.07) is 4.62. The van der Waals surface area contributed by atoms with Crippen LogP contribution in [0, 0.1) is 24.6 Å². The molecule has 0 unspecified atom stereocenters. The van der Waals surface area contributed by atoms with E-state index in [1.807, 2.05) is 17.7 Å². The third-order valence-electron chi connectivity index (χ3n) is 2.66. The van der Waals surface area contributed by atoms with E-state index in [4.69, 9.17) is 5.73 Å². The second-order valence-corrected chi connectivity index (χ2v) is 3.91. The first kappa shape index (κ1) is 12.3. The Kier molecular flexibility index (Phi) is 3.75. The lowest BCUT2D eigenvalue weighted by atomic mass is 10.1. The van der Waals surface area contributed by atoms with E-state index in [9.17, 15) is 4.39 Å². The molecule has 1 aromatic heterocycles. The van der Waals surface area contributed by atoms with Gasteiger partial charge in [-0.2, -0.15) is 0 Å². The molecule has 0 bridgehead atoms. The Labute approximate surface area is 105 Å². The average molecular weight is 243 g/mol. The largest absolute Gasteiger partial charge is 0.331 e. The van der Waals surface area contributed by atoms with E-state index in [1.54, 1.807) is 12.3 Å². The number of nitrogens with two attached hydrogens (primary N) is 1. The summed E-state index contributed by atoms with van der Waals surface area (Å²) in [5.41, 5.74) is 6.97. The minimum absolute atomic E-state index is 0.264. The molecule has 1 aromatic carbocycles. The highest BCUT2D eigenvalue weighted by atomic mass is 19.1. The van der Waals surface area contributed by atoms with Gasteiger partial charge in [0.05, 0.1) is 6.54 Å². The summed E-state index contributed by atoms with van der Waals surface area (Å²) in [6.07, 6.45) is 3.63. The molecule has 0 fully saturated rings. The normalized spacial score (nSPS) is 9.94. The average Bonchev–Trinajstić information content (AvgIpc) is 2.75. The standard InChI is InChI=1S/C14H14FN3/c1-11-17-7-8-18(11)10-13-4-5-14(15)9-12(13)3-2-6-16/h4-5,7-9H,6,10,16H2,1H3. The first-order valence-electron chi connectivity index (χ1n) is 5.66. The highest BCUT2D eigenvalue weighted by Crippen LogP contribution is 2.13. The molecule has 0 aliphatic heterocycles. The maximum Gasteiger partial charge on any atom is 0.124 e. The van der Waals surface area contributed by atoms with Gasteiger partial charge in [0.2, 0.25) is 0 Å². The van der Waals surface area contributed by atoms with Gasteiger partial charge in [0.15, 0.2) is 0 Å². The Balaban J connectivity index is 2.35. The van der Waals surface area contributed by atoms with E-state index in [-0.39, 0.29) is 12.4 Å². The Bertz CT molecular complexity index is 605. The van der Waals surface area contributed by atoms with Gasteiger partial charge in [0.1, 0.15) is 11.6 Å². The molecule has 0 aliphatic carbocycles. The lowest BCUT2D eigenvalue weighted by Gasteiger charge is -2.07. The van der Waals surface area contributed by atoms with Gasteiger partial charge in [-0.15, -0.1) is 0 Å². The second-order valence-electron chi connectivity index (χ2n) is 3.91. The molecule has 0 atom stereocenters. The van der Waals surface area contributed by atoms with Gasteiger partial charge in [0, 0.05) is 24.5 Å². The van der Waals surface area contributed by atoms with Crippen LogP contribution in [0.25, 0.3) is 0 Å². The lowest BCUT2D eigenvalue weighted by molar-refractivity contribution is 0.625. The molecule has 2 aromatic rings. The molecule has 0 spiro atoms. The van der Waals surface area contributed by atoms with Gasteiger partial charge in [-0.3, -0.25) is 0 Å². The molecule has 4 heteroatoms. The number of nitrogens with zero attached hydrogens (tertiary/aromatic N) is 2. The van der Waals surface area contributed by atoms with Crippen LogP contribution in [0.5, 0.6) is 0 Å². The van der Waals surface area contributed by atoms with Crippen LogP contribution >= 0.6 is 0 Å². The number of aromatic nitrogens is 2. The molecule has 2 rings (SSSR count). The Morgan fingerprint density at radius 2 is 2.28 bits per heavy atom. The number of aryl methyl sites for hydroxylation is 1. The Morgan fingerprint density at radius 3 is 2.94 bits per heavy atom. The summed E-state index contributed by atoms with van der Waals surface area (Å²) in [6.45, 7) is 2.81. The molecule has 0 saturated carbocycles. The number of hydrogen-bond acceptors (Lipinski definition) is 2. The van der Waals surface area contributed by atoms with Gasteiger partial charge in [-0.05, 0) is 24.6 Å². The summed E-state index contributed by atoms with van der Waals surface area (Å²) in [5, 5.41) is 0. The minimum Gasteiger partial charge on any atom is -0.331 e. The van der Waals surface area contributed by atoms with Crippen molar-refractivity contribution in [2.75, 3.05) is 6.54 Å². The summed E-state index contributed by atoms with van der Waals surface area (Å²) in [5.74, 6) is 6.27. The van der Waals surface area contributed by atoms with Crippen molar-refractivity contribution in [3.05, 3.63) is 53.4 Å². The fraction of sp³-hybridized carbons (Fsp3) is 0.214. The lowest BCUT2D eigenvalue weighted by Crippen LogP contribution is -2.03. The van der Waals surface area contributed by atoms with Crippen LogP contribution in [-0.4, -0.2) is 16.1 Å². The van der Waals surface area contributed by atoms with Crippen LogP contribution < -0.4 is 5.73 Å². The van der Waals surface area contributed by atoms with E-state index < -0.39 is 0 Å². The van der Waals surface area contributed by atoms with Crippen LogP contribution in [-0.2, 0) is 6.54 Å². The van der Waals surface area contributed by atoms with Crippen LogP contribution in [0.2, 0.25) is 0 Å². The van der Waals surface area contributed by atoms with Gasteiger partial charge < -0.3 is 10.3 Å². The zero-order valence-corrected chi connectivity index (χ0v) is 10.2. The van der Waals surface area contributed by atoms with Crippen LogP contribution in [0.4, 0.5) is 4.39 Å². The summed E-state index contributed by atoms with van der Waals surface area (Å²) in [4.78, 5) is 4.16. The van der Waals surface area contributed by atoms with Crippen LogP contribution in [0.1, 0.15) is 17.0 Å². The Hall–Kier alpha value is -2.12. The monoisotopic (exact) mass is 243 g/mol. The van der Waals surface area contributed by atoms with Crippen molar-refractivity contribution in [1.29, 1.82) is 0 Å². The third-order valence-corrected chi connectivity index (χ3v) is 2.66. The summed E-state index contributed by atoms with van der Waals surface area (Å²) >= 11 is 0. The fourth-order valence-electron chi connectivity index (χ4n) is 1.70. The quantitative estimate of drug-likeness (QED) is 0.816. The fourth-order valence-corrected chi connectivity index (χ4v) is 1.70. The van der Waals surface area contributed by atoms with Gasteiger partial charge in [-0.25, -0.2) is 9.37 Å². The zero-order chi connectivity index (χ0) is 13.0. The van der Waals surface area contributed by atoms with Crippen molar-refractivity contribution in [3.8, 4) is 11.8 Å². The predicted octanol–water partition coefficient (Wildman–Crippen LogP) is 1.69. The molecule has 0 saturated heterocycles. The molecular formula is C14H14FN3. The highest BCUT2D eigenvalue weighted by Gasteiger charge is 2.04. The summed E-state index contributed by atoms with van der Waals surface area (Å²) in [7, 11) is 0. The molecule has 2 N–H and O–H groups in total. The van der Waals surface area contributed by atoms with Crippen molar-refractivity contribution < 1.29 is 4.39 Å². The smallest absolute Gasteiger partial charge is 0.124 e. The molecule has 1 heterocycles. The second kappa shape index (κ2) is 5.48. The third kappa shape index (κ3) is 2.76. The van der Waals surface area contributed by atoms with Crippen molar-refractivity contribution in [3.63, 3.8) is 0 Å². The molecule has 0 amide bonds. The molecular weight excluding hydrogens is 229 g/mol. The van der Waals surface area contributed by atoms with E-state index in [1.165, 1.54) is 12.1 Å². The van der Waals surface area contributed by atoms with E-state index >= 15 is 0 Å². The molecule has 92 valence electrons. The van der Waals surface area contributed by atoms with Crippen molar-refractivity contribution in [1.82, 2.24) is 9.55 Å². The molecule has 0 radical (unpaired) electrons. The van der Waals surface area contributed by atoms with Crippen LogP contribution in [0.15, 0.2) is 30.6 Å². The number of imidazole rings is 1. The van der Waals surface area contributed by atoms with E-state index in [2.05, 4.69) is 16.8 Å². The Morgan fingerprint density at radius 1 is 1.44 bits per heavy atom. The maximum absolute atomic E-state index is 13.2. The first-order chi connectivity index (χ1) is 8.70. The van der Waals surface area contributed by atoms with Gasteiger partial charge in [0.25, 0.3) is 0 Å². The van der Waals surface area contributed by atoms with Crippen molar-refractivity contribution in [2.45, 2.75) is 13.5 Å². The number of halogens is 1. The van der Waals surface area contributed by atoms with Crippen molar-refractivity contribution in [2.24, 2.45) is 5.73 Å². The molecule has 18 heavy (non-hydrogen) atoms. The first-order valence-corrected chi connectivity index (χ1v) is 5.66. The van der Waals surface area contributed by atoms with Gasteiger partial charge in [-0.1, -0.05) is 17.9 Å². The zero-order valence-electron chi connectivity index (χ0n) is 10.2. The number of rotatable bonds is 2. The number of hydrogen-bond donors (Lipinski definition) is 1. The van der Waals surface area contributed by atoms with Gasteiger partial charge >= 0.3 is 0 Å². The highest BCUT2D eigenvalue weighted by molar-refractivity contribution is 5.42. The molecule has 3 nitrogen and oxygen atoms in total. The van der Waals surface area contributed by atoms with Crippen molar-refractivity contribution >= 4 is 0 Å². The minimum atomic E-state index is -0.289. The SMILES string of the molecule is Cc1nccn1Cc1ccc(F)cc1C#CCN. The molecule has 0 aliphatic rings. The van der Waals surface area contributed by atoms with E-state index in [0.717, 1.165) is 11.4 Å². The van der Waals surface area contributed by atoms with Crippen LogP contribution in [0.3, 0.4) is 0 Å². The topological polar surface area (TPSA) is 43.8 Å². The summed E-state index contributed by atoms with van der Waals surface area (Å²) < 4.78 is 15.2.